The van der Waals surface area contributed by atoms with E-state index in [0.717, 1.165) is 0 Å². The van der Waals surface area contributed by atoms with Crippen molar-refractivity contribution < 1.29 is 14.2 Å². The number of nitrogens with two attached hydrogens (primary N) is 1. The molecule has 0 heterocycles. The highest BCUT2D eigenvalue weighted by molar-refractivity contribution is 9.10. The van der Waals surface area contributed by atoms with Crippen LogP contribution in [0, 0.1) is 5.82 Å². The van der Waals surface area contributed by atoms with Crippen molar-refractivity contribution in [1.29, 1.82) is 0 Å². The lowest BCUT2D eigenvalue weighted by Gasteiger charge is -2.14. The van der Waals surface area contributed by atoms with Gasteiger partial charge in [-0.25, -0.2) is 4.39 Å². The van der Waals surface area contributed by atoms with Gasteiger partial charge in [0.2, 0.25) is 0 Å². The van der Waals surface area contributed by atoms with Crippen LogP contribution in [0.15, 0.2) is 16.6 Å². The van der Waals surface area contributed by atoms with Gasteiger partial charge in [-0.1, -0.05) is 15.9 Å². The molecule has 3 N–H and O–H groups in total. The van der Waals surface area contributed by atoms with E-state index in [9.17, 15) is 4.39 Å². The van der Waals surface area contributed by atoms with Crippen molar-refractivity contribution >= 4 is 15.9 Å². The molecule has 0 spiro atoms. The second-order valence-corrected chi connectivity index (χ2v) is 3.71. The average molecular weight is 264 g/mol. The van der Waals surface area contributed by atoms with E-state index in [1.54, 1.807) is 6.07 Å². The van der Waals surface area contributed by atoms with Crippen LogP contribution in [0.1, 0.15) is 11.6 Å². The van der Waals surface area contributed by atoms with Crippen molar-refractivity contribution in [2.75, 3.05) is 13.7 Å². The van der Waals surface area contributed by atoms with Crippen LogP contribution in [0.2, 0.25) is 0 Å². The van der Waals surface area contributed by atoms with E-state index in [0.29, 0.717) is 10.0 Å². The monoisotopic (exact) mass is 263 g/mol. The molecule has 78 valence electrons. The van der Waals surface area contributed by atoms with Gasteiger partial charge >= 0.3 is 0 Å². The molecule has 0 aliphatic heterocycles. The van der Waals surface area contributed by atoms with Crippen LogP contribution in [0.3, 0.4) is 0 Å². The normalized spacial score (nSPS) is 12.6. The first-order valence-electron chi connectivity index (χ1n) is 3.99. The zero-order chi connectivity index (χ0) is 10.7. The second-order valence-electron chi connectivity index (χ2n) is 2.80. The highest BCUT2D eigenvalue weighted by atomic mass is 79.9. The summed E-state index contributed by atoms with van der Waals surface area (Å²) in [5.41, 5.74) is 6.04. The van der Waals surface area contributed by atoms with Crippen molar-refractivity contribution in [3.63, 3.8) is 0 Å². The number of halogens is 2. The summed E-state index contributed by atoms with van der Waals surface area (Å²) in [6.07, 6.45) is 0. The number of hydrogen-bond acceptors (Lipinski definition) is 3. The molecular formula is C9H11BrFNO2. The van der Waals surface area contributed by atoms with Gasteiger partial charge in [-0.05, 0) is 12.1 Å². The molecule has 0 radical (unpaired) electrons. The van der Waals surface area contributed by atoms with Crippen LogP contribution < -0.4 is 10.5 Å². The summed E-state index contributed by atoms with van der Waals surface area (Å²) in [6.45, 7) is -0.258. The van der Waals surface area contributed by atoms with Gasteiger partial charge in [0.25, 0.3) is 0 Å². The minimum atomic E-state index is -0.642. The summed E-state index contributed by atoms with van der Waals surface area (Å²) in [7, 11) is 1.36. The van der Waals surface area contributed by atoms with E-state index in [-0.39, 0.29) is 12.4 Å². The number of methoxy groups -OCH3 is 1. The van der Waals surface area contributed by atoms with Crippen LogP contribution in [0.25, 0.3) is 0 Å². The number of rotatable bonds is 3. The maximum Gasteiger partial charge on any atom is 0.166 e. The molecule has 0 unspecified atom stereocenters. The fourth-order valence-corrected chi connectivity index (χ4v) is 1.62. The third-order valence-corrected chi connectivity index (χ3v) is 2.30. The maximum atomic E-state index is 13.3. The largest absolute Gasteiger partial charge is 0.493 e. The lowest BCUT2D eigenvalue weighted by atomic mass is 10.1. The van der Waals surface area contributed by atoms with Gasteiger partial charge in [0, 0.05) is 10.0 Å². The molecule has 0 amide bonds. The second kappa shape index (κ2) is 4.72. The van der Waals surface area contributed by atoms with Crippen LogP contribution in [-0.4, -0.2) is 18.8 Å². The van der Waals surface area contributed by atoms with Gasteiger partial charge in [0.15, 0.2) is 11.6 Å². The smallest absolute Gasteiger partial charge is 0.166 e. The van der Waals surface area contributed by atoms with Crippen molar-refractivity contribution in [3.05, 3.63) is 28.0 Å². The number of aliphatic hydroxyl groups excluding tert-OH is 1. The molecule has 5 heteroatoms. The molecule has 1 aromatic rings. The van der Waals surface area contributed by atoms with Crippen molar-refractivity contribution in [2.45, 2.75) is 6.04 Å². The molecule has 0 aliphatic carbocycles. The van der Waals surface area contributed by atoms with Gasteiger partial charge in [-0.2, -0.15) is 0 Å². The molecular weight excluding hydrogens is 253 g/mol. The number of benzene rings is 1. The first-order chi connectivity index (χ1) is 6.60. The molecule has 0 saturated heterocycles. The van der Waals surface area contributed by atoms with E-state index < -0.39 is 11.9 Å². The van der Waals surface area contributed by atoms with Gasteiger partial charge in [0.1, 0.15) is 0 Å². The van der Waals surface area contributed by atoms with Crippen molar-refractivity contribution in [2.24, 2.45) is 5.73 Å². The third kappa shape index (κ3) is 2.23. The highest BCUT2D eigenvalue weighted by Gasteiger charge is 2.16. The first-order valence-corrected chi connectivity index (χ1v) is 4.78. The average Bonchev–Trinajstić information content (AvgIpc) is 2.15. The quantitative estimate of drug-likeness (QED) is 0.871. The molecule has 0 aliphatic rings. The Balaban J connectivity index is 3.24. The van der Waals surface area contributed by atoms with Crippen LogP contribution in [-0.2, 0) is 0 Å². The Morgan fingerprint density at radius 3 is 2.79 bits per heavy atom. The molecule has 3 nitrogen and oxygen atoms in total. The standard InChI is InChI=1S/C9H11BrFNO2/c1-14-9-6(8(12)4-13)2-5(10)3-7(9)11/h2-3,8,13H,4,12H2,1H3/t8-/m0/s1. The molecule has 1 atom stereocenters. The number of aliphatic hydroxyl groups is 1. The molecule has 0 fully saturated rings. The van der Waals surface area contributed by atoms with Crippen molar-refractivity contribution in [1.82, 2.24) is 0 Å². The first kappa shape index (κ1) is 11.4. The molecule has 14 heavy (non-hydrogen) atoms. The molecule has 1 aromatic carbocycles. The Kier molecular flexibility index (Phi) is 3.86. The van der Waals surface area contributed by atoms with Gasteiger partial charge in [0.05, 0.1) is 19.8 Å². The summed E-state index contributed by atoms with van der Waals surface area (Å²) in [4.78, 5) is 0. The Hall–Kier alpha value is -0.650. The van der Waals surface area contributed by atoms with Crippen LogP contribution in [0.4, 0.5) is 4.39 Å². The van der Waals surface area contributed by atoms with E-state index >= 15 is 0 Å². The molecule has 0 aromatic heterocycles. The van der Waals surface area contributed by atoms with E-state index in [1.807, 2.05) is 0 Å². The SMILES string of the molecule is COc1c(F)cc(Br)cc1[C@@H](N)CO. The van der Waals surface area contributed by atoms with Gasteiger partial charge < -0.3 is 15.6 Å². The fraction of sp³-hybridized carbons (Fsp3) is 0.333. The van der Waals surface area contributed by atoms with Gasteiger partial charge in [-0.3, -0.25) is 0 Å². The predicted molar refractivity (Wildman–Crippen MR) is 54.7 cm³/mol. The van der Waals surface area contributed by atoms with E-state index in [1.165, 1.54) is 13.2 Å². The lowest BCUT2D eigenvalue weighted by molar-refractivity contribution is 0.263. The van der Waals surface area contributed by atoms with Gasteiger partial charge in [-0.15, -0.1) is 0 Å². The van der Waals surface area contributed by atoms with E-state index in [4.69, 9.17) is 15.6 Å². The Bertz CT molecular complexity index is 333. The van der Waals surface area contributed by atoms with E-state index in [2.05, 4.69) is 15.9 Å². The summed E-state index contributed by atoms with van der Waals surface area (Å²) >= 11 is 3.14. The fourth-order valence-electron chi connectivity index (χ4n) is 1.17. The van der Waals surface area contributed by atoms with Crippen molar-refractivity contribution in [3.8, 4) is 5.75 Å². The highest BCUT2D eigenvalue weighted by Crippen LogP contribution is 2.30. The predicted octanol–water partition coefficient (Wildman–Crippen LogP) is 1.59. The Morgan fingerprint density at radius 1 is 1.64 bits per heavy atom. The maximum absolute atomic E-state index is 13.3. The molecule has 0 bridgehead atoms. The minimum Gasteiger partial charge on any atom is -0.493 e. The summed E-state index contributed by atoms with van der Waals surface area (Å²) in [6, 6.07) is 2.27. The zero-order valence-electron chi connectivity index (χ0n) is 7.63. The number of hydrogen-bond donors (Lipinski definition) is 2. The van der Waals surface area contributed by atoms with Crippen LogP contribution >= 0.6 is 15.9 Å². The Labute approximate surface area is 89.8 Å². The molecule has 0 saturated carbocycles. The van der Waals surface area contributed by atoms with Crippen LogP contribution in [0.5, 0.6) is 5.75 Å². The summed E-state index contributed by atoms with van der Waals surface area (Å²) in [5, 5.41) is 8.87. The minimum absolute atomic E-state index is 0.0785. The lowest BCUT2D eigenvalue weighted by Crippen LogP contribution is -2.16. The Morgan fingerprint density at radius 2 is 2.29 bits per heavy atom. The third-order valence-electron chi connectivity index (χ3n) is 1.84. The number of ether oxygens (including phenoxy) is 1. The summed E-state index contributed by atoms with van der Waals surface area (Å²) in [5.74, 6) is -0.421. The summed E-state index contributed by atoms with van der Waals surface area (Å²) < 4.78 is 18.7. The molecule has 1 rings (SSSR count). The topological polar surface area (TPSA) is 55.5 Å². The zero-order valence-corrected chi connectivity index (χ0v) is 9.21.